The summed E-state index contributed by atoms with van der Waals surface area (Å²) in [7, 11) is 0. The molecule has 0 unspecified atom stereocenters. The van der Waals surface area contributed by atoms with Crippen LogP contribution in [-0.4, -0.2) is 17.7 Å². The van der Waals surface area contributed by atoms with Gasteiger partial charge in [0, 0.05) is 18.3 Å². The van der Waals surface area contributed by atoms with E-state index in [1.807, 2.05) is 6.92 Å². The maximum absolute atomic E-state index is 9.93. The van der Waals surface area contributed by atoms with Crippen molar-refractivity contribution in [1.29, 1.82) is 0 Å². The maximum atomic E-state index is 9.93. The van der Waals surface area contributed by atoms with Crippen LogP contribution >= 0.6 is 0 Å². The molecule has 1 aromatic rings. The first-order valence-electron chi connectivity index (χ1n) is 8.66. The summed E-state index contributed by atoms with van der Waals surface area (Å²) in [5.41, 5.74) is 2.37. The van der Waals surface area contributed by atoms with E-state index < -0.39 is 0 Å². The molecule has 0 radical (unpaired) electrons. The Morgan fingerprint density at radius 2 is 1.76 bits per heavy atom. The summed E-state index contributed by atoms with van der Waals surface area (Å²) < 4.78 is 0. The topological polar surface area (TPSA) is 23.5 Å². The number of benzene rings is 1. The van der Waals surface area contributed by atoms with Crippen LogP contribution in [0.25, 0.3) is 0 Å². The van der Waals surface area contributed by atoms with Gasteiger partial charge in [0.15, 0.2) is 0 Å². The van der Waals surface area contributed by atoms with Crippen LogP contribution in [0, 0.1) is 5.92 Å². The highest BCUT2D eigenvalue weighted by Gasteiger charge is 2.23. The van der Waals surface area contributed by atoms with Gasteiger partial charge in [-0.05, 0) is 49.3 Å². The minimum Gasteiger partial charge on any atom is -0.388 e. The highest BCUT2D eigenvalue weighted by atomic mass is 16.3. The Morgan fingerprint density at radius 3 is 2.29 bits per heavy atom. The maximum Gasteiger partial charge on any atom is 0.0787 e. The number of nitrogens with zero attached hydrogens (tertiary/aromatic N) is 1. The smallest absolute Gasteiger partial charge is 0.0787 e. The van der Waals surface area contributed by atoms with Crippen LogP contribution in [0.15, 0.2) is 24.3 Å². The van der Waals surface area contributed by atoms with Gasteiger partial charge in [-0.2, -0.15) is 0 Å². The molecular weight excluding hydrogens is 258 g/mol. The van der Waals surface area contributed by atoms with E-state index in [4.69, 9.17) is 0 Å². The molecular formula is C19H31NO. The van der Waals surface area contributed by atoms with Crippen molar-refractivity contribution < 1.29 is 5.11 Å². The van der Waals surface area contributed by atoms with Crippen molar-refractivity contribution in [2.45, 2.75) is 71.4 Å². The third-order valence-electron chi connectivity index (χ3n) is 4.71. The summed E-state index contributed by atoms with van der Waals surface area (Å²) in [6.07, 6.45) is 7.10. The molecule has 0 amide bonds. The fourth-order valence-corrected chi connectivity index (χ4v) is 3.26. The van der Waals surface area contributed by atoms with Gasteiger partial charge in [-0.25, -0.2) is 0 Å². The van der Waals surface area contributed by atoms with Crippen LogP contribution in [0.4, 0.5) is 5.69 Å². The van der Waals surface area contributed by atoms with Gasteiger partial charge in [-0.1, -0.05) is 45.7 Å². The molecule has 1 aliphatic rings. The standard InChI is InChI=1S/C19H31NO/c1-4-19(21)16-9-11-18(12-10-16)20(14-13-15(2)3)17-7-5-6-8-17/h9-12,15,17,19,21H,4-8,13-14H2,1-3H3/t19-/m0/s1. The Labute approximate surface area is 130 Å². The number of aliphatic hydroxyl groups excluding tert-OH is 1. The van der Waals surface area contributed by atoms with Gasteiger partial charge < -0.3 is 10.0 Å². The summed E-state index contributed by atoms with van der Waals surface area (Å²) in [6.45, 7) is 7.77. The zero-order valence-corrected chi connectivity index (χ0v) is 13.9. The van der Waals surface area contributed by atoms with Gasteiger partial charge in [0.1, 0.15) is 0 Å². The number of hydrogen-bond acceptors (Lipinski definition) is 2. The van der Waals surface area contributed by atoms with Crippen LogP contribution < -0.4 is 4.90 Å². The van der Waals surface area contributed by atoms with E-state index in [-0.39, 0.29) is 6.10 Å². The average molecular weight is 289 g/mol. The lowest BCUT2D eigenvalue weighted by Crippen LogP contribution is -2.34. The van der Waals surface area contributed by atoms with E-state index in [1.165, 1.54) is 37.8 Å². The van der Waals surface area contributed by atoms with Crippen molar-refractivity contribution in [3.05, 3.63) is 29.8 Å². The molecule has 0 saturated heterocycles. The molecule has 1 atom stereocenters. The van der Waals surface area contributed by atoms with Crippen molar-refractivity contribution in [2.24, 2.45) is 5.92 Å². The zero-order chi connectivity index (χ0) is 15.2. The van der Waals surface area contributed by atoms with Gasteiger partial charge >= 0.3 is 0 Å². The predicted molar refractivity (Wildman–Crippen MR) is 90.7 cm³/mol. The molecule has 2 rings (SSSR count). The Balaban J connectivity index is 2.11. The van der Waals surface area contributed by atoms with Gasteiger partial charge in [0.05, 0.1) is 6.10 Å². The zero-order valence-electron chi connectivity index (χ0n) is 13.9. The second-order valence-corrected chi connectivity index (χ2v) is 6.83. The SMILES string of the molecule is CC[C@H](O)c1ccc(N(CCC(C)C)C2CCCC2)cc1. The monoisotopic (exact) mass is 289 g/mol. The molecule has 1 fully saturated rings. The molecule has 1 N–H and O–H groups in total. The molecule has 1 saturated carbocycles. The molecule has 1 aliphatic carbocycles. The van der Waals surface area contributed by atoms with Crippen LogP contribution in [0.2, 0.25) is 0 Å². The lowest BCUT2D eigenvalue weighted by molar-refractivity contribution is 0.173. The third-order valence-corrected chi connectivity index (χ3v) is 4.71. The Kier molecular flexibility index (Phi) is 6.10. The largest absolute Gasteiger partial charge is 0.388 e. The molecule has 2 heteroatoms. The third kappa shape index (κ3) is 4.47. The highest BCUT2D eigenvalue weighted by molar-refractivity contribution is 5.49. The van der Waals surface area contributed by atoms with Crippen LogP contribution in [0.3, 0.4) is 0 Å². The van der Waals surface area contributed by atoms with Crippen molar-refractivity contribution in [3.63, 3.8) is 0 Å². The fourth-order valence-electron chi connectivity index (χ4n) is 3.26. The molecule has 21 heavy (non-hydrogen) atoms. The predicted octanol–water partition coefficient (Wildman–Crippen LogP) is 4.93. The number of anilines is 1. The molecule has 0 aromatic heterocycles. The first-order valence-corrected chi connectivity index (χ1v) is 8.66. The Morgan fingerprint density at radius 1 is 1.14 bits per heavy atom. The van der Waals surface area contributed by atoms with E-state index in [2.05, 4.69) is 43.0 Å². The first kappa shape index (κ1) is 16.4. The van der Waals surface area contributed by atoms with Crippen molar-refractivity contribution in [1.82, 2.24) is 0 Å². The van der Waals surface area contributed by atoms with E-state index in [9.17, 15) is 5.11 Å². The summed E-state index contributed by atoms with van der Waals surface area (Å²) >= 11 is 0. The Bertz CT molecular complexity index is 406. The second kappa shape index (κ2) is 7.84. The summed E-state index contributed by atoms with van der Waals surface area (Å²) in [5.74, 6) is 0.745. The lowest BCUT2D eigenvalue weighted by Gasteiger charge is -2.32. The van der Waals surface area contributed by atoms with Crippen LogP contribution in [0.5, 0.6) is 0 Å². The fraction of sp³-hybridized carbons (Fsp3) is 0.684. The Hall–Kier alpha value is -1.02. The molecule has 0 bridgehead atoms. The molecule has 0 heterocycles. The first-order chi connectivity index (χ1) is 10.1. The lowest BCUT2D eigenvalue weighted by atomic mass is 10.0. The number of aliphatic hydroxyl groups is 1. The van der Waals surface area contributed by atoms with Crippen molar-refractivity contribution in [3.8, 4) is 0 Å². The van der Waals surface area contributed by atoms with Gasteiger partial charge in [0.25, 0.3) is 0 Å². The minimum absolute atomic E-state index is 0.324. The summed E-state index contributed by atoms with van der Waals surface area (Å²) in [4.78, 5) is 2.61. The van der Waals surface area contributed by atoms with Gasteiger partial charge in [0.2, 0.25) is 0 Å². The van der Waals surface area contributed by atoms with Crippen LogP contribution in [0.1, 0.15) is 71.0 Å². The average Bonchev–Trinajstić information content (AvgIpc) is 3.01. The van der Waals surface area contributed by atoms with Crippen molar-refractivity contribution in [2.75, 3.05) is 11.4 Å². The normalized spacial score (nSPS) is 17.4. The second-order valence-electron chi connectivity index (χ2n) is 6.83. The summed E-state index contributed by atoms with van der Waals surface area (Å²) in [5, 5.41) is 9.93. The molecule has 0 aliphatic heterocycles. The van der Waals surface area contributed by atoms with E-state index in [0.717, 1.165) is 24.4 Å². The summed E-state index contributed by atoms with van der Waals surface area (Å²) in [6, 6.07) is 9.31. The minimum atomic E-state index is -0.324. The molecule has 2 nitrogen and oxygen atoms in total. The number of hydrogen-bond donors (Lipinski definition) is 1. The van der Waals surface area contributed by atoms with E-state index >= 15 is 0 Å². The van der Waals surface area contributed by atoms with Gasteiger partial charge in [-0.3, -0.25) is 0 Å². The van der Waals surface area contributed by atoms with Crippen molar-refractivity contribution >= 4 is 5.69 Å². The molecule has 0 spiro atoms. The van der Waals surface area contributed by atoms with Gasteiger partial charge in [-0.15, -0.1) is 0 Å². The van der Waals surface area contributed by atoms with E-state index in [0.29, 0.717) is 6.04 Å². The van der Waals surface area contributed by atoms with Crippen LogP contribution in [-0.2, 0) is 0 Å². The van der Waals surface area contributed by atoms with E-state index in [1.54, 1.807) is 0 Å². The highest BCUT2D eigenvalue weighted by Crippen LogP contribution is 2.30. The quantitative estimate of drug-likeness (QED) is 0.769. The number of rotatable bonds is 7. The molecule has 118 valence electrons. The molecule has 1 aromatic carbocycles.